The van der Waals surface area contributed by atoms with E-state index in [0.717, 1.165) is 6.54 Å². The summed E-state index contributed by atoms with van der Waals surface area (Å²) in [5, 5.41) is 0. The van der Waals surface area contributed by atoms with Crippen molar-refractivity contribution in [3.05, 3.63) is 35.4 Å². The summed E-state index contributed by atoms with van der Waals surface area (Å²) in [7, 11) is 6.14. The van der Waals surface area contributed by atoms with Crippen molar-refractivity contribution in [1.29, 1.82) is 0 Å². The van der Waals surface area contributed by atoms with Crippen LogP contribution in [0.5, 0.6) is 0 Å². The molecular formula is C17H29N3O. The van der Waals surface area contributed by atoms with Crippen molar-refractivity contribution in [1.82, 2.24) is 9.80 Å². The Hall–Kier alpha value is -0.940. The molecule has 1 heterocycles. The third-order valence-electron chi connectivity index (χ3n) is 4.57. The molecule has 0 spiro atoms. The Kier molecular flexibility index (Phi) is 6.18. The zero-order chi connectivity index (χ0) is 15.2. The van der Waals surface area contributed by atoms with E-state index in [-0.39, 0.29) is 6.04 Å². The Morgan fingerprint density at radius 1 is 1.38 bits per heavy atom. The van der Waals surface area contributed by atoms with Gasteiger partial charge in [0.2, 0.25) is 0 Å². The number of methoxy groups -OCH3 is 1. The quantitative estimate of drug-likeness (QED) is 0.868. The lowest BCUT2D eigenvalue weighted by Crippen LogP contribution is -2.47. The zero-order valence-electron chi connectivity index (χ0n) is 13.6. The first-order chi connectivity index (χ1) is 10.2. The van der Waals surface area contributed by atoms with Gasteiger partial charge in [-0.2, -0.15) is 0 Å². The summed E-state index contributed by atoms with van der Waals surface area (Å²) in [6, 6.07) is 9.54. The van der Waals surface area contributed by atoms with Crippen LogP contribution in [0.3, 0.4) is 0 Å². The van der Waals surface area contributed by atoms with Gasteiger partial charge in [-0.3, -0.25) is 4.90 Å². The van der Waals surface area contributed by atoms with Crippen molar-refractivity contribution >= 4 is 0 Å². The fourth-order valence-corrected chi connectivity index (χ4v) is 3.27. The number of likely N-dealkylation sites (N-methyl/N-ethyl adjacent to an activating group) is 2. The minimum atomic E-state index is 0.290. The van der Waals surface area contributed by atoms with Gasteiger partial charge in [-0.15, -0.1) is 0 Å². The van der Waals surface area contributed by atoms with Gasteiger partial charge in [0.25, 0.3) is 0 Å². The lowest BCUT2D eigenvalue weighted by atomic mass is 9.99. The van der Waals surface area contributed by atoms with E-state index < -0.39 is 0 Å². The highest BCUT2D eigenvalue weighted by Crippen LogP contribution is 2.25. The minimum absolute atomic E-state index is 0.290. The maximum atomic E-state index is 6.06. The molecule has 1 aromatic rings. The number of nitrogens with zero attached hydrogens (tertiary/aromatic N) is 2. The van der Waals surface area contributed by atoms with Gasteiger partial charge in [-0.25, -0.2) is 0 Å². The first-order valence-corrected chi connectivity index (χ1v) is 7.84. The third kappa shape index (κ3) is 4.27. The summed E-state index contributed by atoms with van der Waals surface area (Å²) in [6.07, 6.45) is 2.54. The lowest BCUT2D eigenvalue weighted by molar-refractivity contribution is 0.101. The number of hydrogen-bond acceptors (Lipinski definition) is 4. The van der Waals surface area contributed by atoms with Crippen LogP contribution in [0.2, 0.25) is 0 Å². The van der Waals surface area contributed by atoms with Gasteiger partial charge in [0.05, 0.1) is 6.61 Å². The number of benzene rings is 1. The standard InChI is InChI=1S/C17H29N3O/c1-19-10-4-5-16(12-19)20(2)17(11-18)15-8-6-14(7-9-15)13-21-3/h6-9,16-17H,4-5,10-13,18H2,1-3H3. The molecule has 1 saturated heterocycles. The third-order valence-corrected chi connectivity index (χ3v) is 4.57. The van der Waals surface area contributed by atoms with Crippen molar-refractivity contribution in [2.75, 3.05) is 40.8 Å². The van der Waals surface area contributed by atoms with E-state index in [2.05, 4.69) is 48.2 Å². The Bertz CT molecular complexity index is 421. The van der Waals surface area contributed by atoms with Crippen LogP contribution in [0.15, 0.2) is 24.3 Å². The summed E-state index contributed by atoms with van der Waals surface area (Å²) in [4.78, 5) is 4.88. The van der Waals surface area contributed by atoms with E-state index in [4.69, 9.17) is 10.5 Å². The van der Waals surface area contributed by atoms with Crippen molar-refractivity contribution < 1.29 is 4.74 Å². The molecule has 0 radical (unpaired) electrons. The molecular weight excluding hydrogens is 262 g/mol. The molecule has 1 fully saturated rings. The predicted octanol–water partition coefficient (Wildman–Crippen LogP) is 1.86. The van der Waals surface area contributed by atoms with Gasteiger partial charge in [-0.05, 0) is 44.6 Å². The summed E-state index contributed by atoms with van der Waals surface area (Å²) in [5.74, 6) is 0. The molecule has 0 saturated carbocycles. The first-order valence-electron chi connectivity index (χ1n) is 7.84. The number of nitrogens with two attached hydrogens (primary N) is 1. The van der Waals surface area contributed by atoms with Crippen LogP contribution in [0.4, 0.5) is 0 Å². The van der Waals surface area contributed by atoms with Crippen LogP contribution < -0.4 is 5.73 Å². The van der Waals surface area contributed by atoms with E-state index in [1.165, 1.54) is 30.5 Å². The summed E-state index contributed by atoms with van der Waals surface area (Å²) < 4.78 is 5.17. The van der Waals surface area contributed by atoms with Gasteiger partial charge in [0, 0.05) is 32.3 Å². The molecule has 118 valence electrons. The van der Waals surface area contributed by atoms with Crippen LogP contribution in [0.25, 0.3) is 0 Å². The summed E-state index contributed by atoms with van der Waals surface area (Å²) >= 11 is 0. The van der Waals surface area contributed by atoms with Crippen molar-refractivity contribution in [3.63, 3.8) is 0 Å². The van der Waals surface area contributed by atoms with Gasteiger partial charge in [-0.1, -0.05) is 24.3 Å². The Labute approximate surface area is 128 Å². The second-order valence-corrected chi connectivity index (χ2v) is 6.15. The van der Waals surface area contributed by atoms with E-state index >= 15 is 0 Å². The van der Waals surface area contributed by atoms with E-state index in [1.54, 1.807) is 7.11 Å². The smallest absolute Gasteiger partial charge is 0.0713 e. The highest BCUT2D eigenvalue weighted by molar-refractivity contribution is 5.25. The predicted molar refractivity (Wildman–Crippen MR) is 87.2 cm³/mol. The van der Waals surface area contributed by atoms with Crippen molar-refractivity contribution in [2.24, 2.45) is 5.73 Å². The van der Waals surface area contributed by atoms with Gasteiger partial charge in [0.15, 0.2) is 0 Å². The molecule has 0 amide bonds. The molecule has 2 unspecified atom stereocenters. The minimum Gasteiger partial charge on any atom is -0.380 e. The Morgan fingerprint density at radius 2 is 2.10 bits per heavy atom. The molecule has 21 heavy (non-hydrogen) atoms. The van der Waals surface area contributed by atoms with E-state index in [9.17, 15) is 0 Å². The summed E-state index contributed by atoms with van der Waals surface area (Å²) in [6.45, 7) is 3.66. The molecule has 1 aromatic carbocycles. The highest BCUT2D eigenvalue weighted by atomic mass is 16.5. The second-order valence-electron chi connectivity index (χ2n) is 6.15. The largest absolute Gasteiger partial charge is 0.380 e. The van der Waals surface area contributed by atoms with Gasteiger partial charge in [0.1, 0.15) is 0 Å². The van der Waals surface area contributed by atoms with Crippen molar-refractivity contribution in [3.8, 4) is 0 Å². The first kappa shape index (κ1) is 16.4. The zero-order valence-corrected chi connectivity index (χ0v) is 13.6. The molecule has 2 atom stereocenters. The molecule has 2 N–H and O–H groups in total. The second kappa shape index (κ2) is 7.90. The fraction of sp³-hybridized carbons (Fsp3) is 0.647. The molecule has 4 nitrogen and oxygen atoms in total. The van der Waals surface area contributed by atoms with Crippen LogP contribution in [-0.2, 0) is 11.3 Å². The Balaban J connectivity index is 2.06. The van der Waals surface area contributed by atoms with Gasteiger partial charge < -0.3 is 15.4 Å². The van der Waals surface area contributed by atoms with Crippen LogP contribution >= 0.6 is 0 Å². The molecule has 0 aromatic heterocycles. The monoisotopic (exact) mass is 291 g/mol. The van der Waals surface area contributed by atoms with Gasteiger partial charge >= 0.3 is 0 Å². The molecule has 0 aliphatic carbocycles. The number of likely N-dealkylation sites (tertiary alicyclic amines) is 1. The number of rotatable bonds is 6. The summed E-state index contributed by atoms with van der Waals surface area (Å²) in [5.41, 5.74) is 8.57. The highest BCUT2D eigenvalue weighted by Gasteiger charge is 2.26. The number of piperidine rings is 1. The topological polar surface area (TPSA) is 41.7 Å². The number of hydrogen-bond donors (Lipinski definition) is 1. The Morgan fingerprint density at radius 3 is 2.67 bits per heavy atom. The molecule has 1 aliphatic rings. The van der Waals surface area contributed by atoms with Crippen molar-refractivity contribution in [2.45, 2.75) is 31.5 Å². The molecule has 1 aliphatic heterocycles. The maximum Gasteiger partial charge on any atom is 0.0713 e. The molecule has 2 rings (SSSR count). The average molecular weight is 291 g/mol. The van der Waals surface area contributed by atoms with E-state index in [1.807, 2.05) is 0 Å². The average Bonchev–Trinajstić information content (AvgIpc) is 2.50. The van der Waals surface area contributed by atoms with Crippen LogP contribution in [-0.4, -0.2) is 56.7 Å². The molecule has 0 bridgehead atoms. The van der Waals surface area contributed by atoms with Crippen LogP contribution in [0, 0.1) is 0 Å². The molecule has 4 heteroatoms. The maximum absolute atomic E-state index is 6.06. The van der Waals surface area contributed by atoms with Crippen LogP contribution in [0.1, 0.15) is 30.0 Å². The SMILES string of the molecule is COCc1ccc(C(CN)N(C)C2CCCN(C)C2)cc1. The fourth-order valence-electron chi connectivity index (χ4n) is 3.27. The normalized spacial score (nSPS) is 21.7. The lowest BCUT2D eigenvalue weighted by Gasteiger charge is -2.40. The number of ether oxygens (including phenoxy) is 1. The van der Waals surface area contributed by atoms with E-state index in [0.29, 0.717) is 19.2 Å².